The number of hydrogen-bond donors (Lipinski definition) is 0. The van der Waals surface area contributed by atoms with Crippen LogP contribution in [0.2, 0.25) is 0 Å². The standard InChI is InChI=1S/C27H34N/c1-18(2)24-15-19(3)20(4)26(17-24)27-25-12-11-22(21-9-7-6-8-10-21)16-23(25)13-14-28(27)5/h11-18,21H,6-10H2,1-5H3/q+1/i14D,18D. The van der Waals surface area contributed by atoms with Crippen LogP contribution in [0.1, 0.15) is 82.8 Å². The lowest BCUT2D eigenvalue weighted by Crippen LogP contribution is -2.31. The van der Waals surface area contributed by atoms with Crippen molar-refractivity contribution in [2.24, 2.45) is 7.05 Å². The molecule has 1 heterocycles. The van der Waals surface area contributed by atoms with Crippen LogP contribution in [-0.2, 0) is 7.05 Å². The van der Waals surface area contributed by atoms with Crippen molar-refractivity contribution in [3.05, 3.63) is 64.8 Å². The van der Waals surface area contributed by atoms with Crippen molar-refractivity contribution in [3.8, 4) is 11.3 Å². The maximum Gasteiger partial charge on any atom is 0.220 e. The molecule has 146 valence electrons. The van der Waals surface area contributed by atoms with Gasteiger partial charge in [-0.3, -0.25) is 0 Å². The van der Waals surface area contributed by atoms with Crippen LogP contribution >= 0.6 is 0 Å². The molecule has 1 aliphatic carbocycles. The van der Waals surface area contributed by atoms with E-state index in [0.29, 0.717) is 12.1 Å². The van der Waals surface area contributed by atoms with Crippen molar-refractivity contribution in [1.29, 1.82) is 0 Å². The highest BCUT2D eigenvalue weighted by Gasteiger charge is 2.21. The first-order valence-electron chi connectivity index (χ1n) is 11.7. The number of fused-ring (bicyclic) bond motifs is 1. The maximum atomic E-state index is 8.63. The van der Waals surface area contributed by atoms with E-state index < -0.39 is 5.89 Å². The van der Waals surface area contributed by atoms with Gasteiger partial charge < -0.3 is 0 Å². The van der Waals surface area contributed by atoms with Gasteiger partial charge in [0.2, 0.25) is 5.69 Å². The highest BCUT2D eigenvalue weighted by Crippen LogP contribution is 2.36. The molecule has 0 aliphatic heterocycles. The van der Waals surface area contributed by atoms with Crippen LogP contribution in [-0.4, -0.2) is 0 Å². The molecule has 0 bridgehead atoms. The lowest BCUT2D eigenvalue weighted by molar-refractivity contribution is -0.659. The first-order chi connectivity index (χ1) is 14.2. The van der Waals surface area contributed by atoms with Crippen LogP contribution in [0.25, 0.3) is 22.0 Å². The third kappa shape index (κ3) is 3.48. The molecule has 0 saturated heterocycles. The molecule has 1 aromatic heterocycles. The smallest absolute Gasteiger partial charge is 0.200 e. The van der Waals surface area contributed by atoms with Gasteiger partial charge in [0.15, 0.2) is 6.17 Å². The summed E-state index contributed by atoms with van der Waals surface area (Å²) in [5, 5.41) is 2.35. The van der Waals surface area contributed by atoms with Gasteiger partial charge in [0.25, 0.3) is 0 Å². The molecule has 0 N–H and O–H groups in total. The SMILES string of the molecule is [2H]c1cc2cc(C3CCCCC3)ccc2c(-c2cc(C([2H])(C)C)cc(C)c2C)[n+]1C. The number of benzene rings is 2. The Morgan fingerprint density at radius 2 is 1.79 bits per heavy atom. The van der Waals surface area contributed by atoms with Crippen LogP contribution in [0, 0.1) is 13.8 Å². The van der Waals surface area contributed by atoms with Gasteiger partial charge in [-0.05, 0) is 78.3 Å². The second-order valence-corrected chi connectivity index (χ2v) is 8.83. The minimum atomic E-state index is -0.658. The third-order valence-electron chi connectivity index (χ3n) is 6.66. The van der Waals surface area contributed by atoms with Crippen molar-refractivity contribution < 1.29 is 7.31 Å². The van der Waals surface area contributed by atoms with E-state index in [1.807, 2.05) is 31.5 Å². The van der Waals surface area contributed by atoms with Crippen LogP contribution in [0.3, 0.4) is 0 Å². The predicted octanol–water partition coefficient (Wildman–Crippen LogP) is 7.12. The summed E-state index contributed by atoms with van der Waals surface area (Å²) in [5.74, 6) is 0.0000624. The fourth-order valence-corrected chi connectivity index (χ4v) is 4.74. The van der Waals surface area contributed by atoms with E-state index in [2.05, 4.69) is 44.2 Å². The summed E-state index contributed by atoms with van der Waals surface area (Å²) in [5.41, 5.74) is 7.09. The van der Waals surface area contributed by atoms with Crippen molar-refractivity contribution in [1.82, 2.24) is 0 Å². The van der Waals surface area contributed by atoms with E-state index in [4.69, 9.17) is 2.74 Å². The second-order valence-electron chi connectivity index (χ2n) is 8.83. The number of nitrogens with zero attached hydrogens (tertiary/aromatic N) is 1. The van der Waals surface area contributed by atoms with Crippen LogP contribution < -0.4 is 4.57 Å². The summed E-state index contributed by atoms with van der Waals surface area (Å²) in [6, 6.07) is 13.2. The average Bonchev–Trinajstić information content (AvgIpc) is 2.71. The van der Waals surface area contributed by atoms with Gasteiger partial charge in [0.1, 0.15) is 8.42 Å². The molecule has 1 fully saturated rings. The minimum Gasteiger partial charge on any atom is -0.200 e. The molecule has 1 heteroatoms. The van der Waals surface area contributed by atoms with E-state index in [9.17, 15) is 0 Å². The lowest BCUT2D eigenvalue weighted by Gasteiger charge is -2.22. The first kappa shape index (κ1) is 16.8. The fraction of sp³-hybridized carbons (Fsp3) is 0.444. The molecule has 0 unspecified atom stereocenters. The molecular formula is C27H34N+. The molecule has 0 spiro atoms. The van der Waals surface area contributed by atoms with Crippen molar-refractivity contribution in [3.63, 3.8) is 0 Å². The molecule has 3 aromatic rings. The number of rotatable bonds is 3. The van der Waals surface area contributed by atoms with Crippen LogP contribution in [0.5, 0.6) is 0 Å². The Morgan fingerprint density at radius 1 is 1.04 bits per heavy atom. The quantitative estimate of drug-likeness (QED) is 0.430. The summed E-state index contributed by atoms with van der Waals surface area (Å²) in [6.07, 6.45) is 7.11. The number of aryl methyl sites for hydroxylation is 1. The number of pyridine rings is 1. The van der Waals surface area contributed by atoms with E-state index in [0.717, 1.165) is 22.2 Å². The Kier molecular flexibility index (Phi) is 4.61. The summed E-state index contributed by atoms with van der Waals surface area (Å²) in [4.78, 5) is 0. The molecule has 2 aromatic carbocycles. The van der Waals surface area contributed by atoms with E-state index >= 15 is 0 Å². The highest BCUT2D eigenvalue weighted by atomic mass is 14.9. The van der Waals surface area contributed by atoms with Crippen LogP contribution in [0.15, 0.2) is 42.6 Å². The van der Waals surface area contributed by atoms with Crippen LogP contribution in [0.4, 0.5) is 0 Å². The zero-order valence-electron chi connectivity index (χ0n) is 20.0. The summed E-state index contributed by atoms with van der Waals surface area (Å²) >= 11 is 0. The molecule has 0 radical (unpaired) electrons. The molecule has 0 amide bonds. The monoisotopic (exact) mass is 374 g/mol. The van der Waals surface area contributed by atoms with E-state index in [-0.39, 0.29) is 0 Å². The lowest BCUT2D eigenvalue weighted by atomic mass is 9.83. The average molecular weight is 375 g/mol. The van der Waals surface area contributed by atoms with Crippen molar-refractivity contribution >= 4 is 10.8 Å². The predicted molar refractivity (Wildman–Crippen MR) is 120 cm³/mol. The fourth-order valence-electron chi connectivity index (χ4n) is 4.74. The Labute approximate surface area is 173 Å². The Balaban J connectivity index is 1.95. The molecule has 1 nitrogen and oxygen atoms in total. The largest absolute Gasteiger partial charge is 0.220 e. The van der Waals surface area contributed by atoms with Gasteiger partial charge >= 0.3 is 0 Å². The number of aromatic nitrogens is 1. The van der Waals surface area contributed by atoms with Gasteiger partial charge in [0.05, 0.1) is 10.9 Å². The summed E-state index contributed by atoms with van der Waals surface area (Å²) < 4.78 is 19.2. The Bertz CT molecular complexity index is 1100. The van der Waals surface area contributed by atoms with Gasteiger partial charge in [-0.2, -0.15) is 0 Å². The van der Waals surface area contributed by atoms with Gasteiger partial charge in [-0.15, -0.1) is 0 Å². The molecular weight excluding hydrogens is 338 g/mol. The van der Waals surface area contributed by atoms with E-state index in [1.165, 1.54) is 54.2 Å². The van der Waals surface area contributed by atoms with Crippen molar-refractivity contribution in [2.75, 3.05) is 0 Å². The molecule has 28 heavy (non-hydrogen) atoms. The molecule has 4 rings (SSSR count). The molecule has 1 saturated carbocycles. The highest BCUT2D eigenvalue weighted by molar-refractivity contribution is 5.94. The maximum absolute atomic E-state index is 8.63. The summed E-state index contributed by atoms with van der Waals surface area (Å²) in [6.45, 7) is 8.17. The Hall–Kier alpha value is -2.15. The van der Waals surface area contributed by atoms with Gasteiger partial charge in [-0.25, -0.2) is 4.57 Å². The van der Waals surface area contributed by atoms with Gasteiger partial charge in [0, 0.05) is 7.44 Å². The molecule has 0 atom stereocenters. The first-order valence-corrected chi connectivity index (χ1v) is 10.7. The third-order valence-corrected chi connectivity index (χ3v) is 6.66. The summed E-state index contributed by atoms with van der Waals surface area (Å²) in [7, 11) is 1.99. The minimum absolute atomic E-state index is 0.519. The van der Waals surface area contributed by atoms with Crippen molar-refractivity contribution in [2.45, 2.75) is 71.6 Å². The topological polar surface area (TPSA) is 3.88 Å². The second kappa shape index (κ2) is 7.70. The van der Waals surface area contributed by atoms with Gasteiger partial charge in [-0.1, -0.05) is 51.3 Å². The normalized spacial score (nSPS) is 16.9. The number of hydrogen-bond acceptors (Lipinski definition) is 0. The zero-order valence-corrected chi connectivity index (χ0v) is 18.0. The van der Waals surface area contributed by atoms with E-state index in [1.54, 1.807) is 0 Å². The zero-order chi connectivity index (χ0) is 21.6. The Morgan fingerprint density at radius 3 is 2.50 bits per heavy atom. The molecule has 1 aliphatic rings.